The summed E-state index contributed by atoms with van der Waals surface area (Å²) in [6, 6.07) is 0. The average molecular weight is 303 g/mol. The van der Waals surface area contributed by atoms with Crippen LogP contribution in [0.2, 0.25) is 0 Å². The molecule has 2 rings (SSSR count). The maximum absolute atomic E-state index is 8.53. The molecule has 0 unspecified atom stereocenters. The van der Waals surface area contributed by atoms with Gasteiger partial charge in [-0.25, -0.2) is 4.98 Å². The molecular formula is C17H29N5. The molecule has 0 atom stereocenters. The van der Waals surface area contributed by atoms with Crippen LogP contribution in [0, 0.1) is 25.2 Å². The number of nitrogens with zero attached hydrogens (tertiary/aromatic N) is 4. The molecule has 5 heteroatoms. The summed E-state index contributed by atoms with van der Waals surface area (Å²) in [6.45, 7) is 11.4. The molecule has 0 saturated heterocycles. The van der Waals surface area contributed by atoms with Gasteiger partial charge in [0.15, 0.2) is 0 Å². The predicted molar refractivity (Wildman–Crippen MR) is 91.1 cm³/mol. The van der Waals surface area contributed by atoms with E-state index < -0.39 is 0 Å². The SMILES string of the molecule is Cc1c(C)n(CCCN(C)C)c2ncn(CC(C)C)c(=N)c12. The largest absolute Gasteiger partial charge is 0.329 e. The Kier molecular flexibility index (Phi) is 5.06. The second-order valence-corrected chi connectivity index (χ2v) is 6.86. The molecule has 0 aliphatic carbocycles. The summed E-state index contributed by atoms with van der Waals surface area (Å²) >= 11 is 0. The molecule has 22 heavy (non-hydrogen) atoms. The molecule has 5 nitrogen and oxygen atoms in total. The van der Waals surface area contributed by atoms with Crippen molar-refractivity contribution in [3.05, 3.63) is 23.1 Å². The molecule has 2 heterocycles. The van der Waals surface area contributed by atoms with Crippen molar-refractivity contribution in [2.24, 2.45) is 5.92 Å². The fourth-order valence-electron chi connectivity index (χ4n) is 2.94. The first kappa shape index (κ1) is 16.7. The molecule has 0 bridgehead atoms. The summed E-state index contributed by atoms with van der Waals surface area (Å²) in [7, 11) is 4.20. The van der Waals surface area contributed by atoms with Crippen LogP contribution in [0.5, 0.6) is 0 Å². The van der Waals surface area contributed by atoms with Crippen molar-refractivity contribution in [3.8, 4) is 0 Å². The first-order valence-corrected chi connectivity index (χ1v) is 8.07. The lowest BCUT2D eigenvalue weighted by molar-refractivity contribution is 0.387. The molecule has 0 aromatic carbocycles. The highest BCUT2D eigenvalue weighted by Crippen LogP contribution is 2.21. The van der Waals surface area contributed by atoms with Crippen molar-refractivity contribution in [1.29, 1.82) is 5.41 Å². The van der Waals surface area contributed by atoms with Crippen LogP contribution in [0.1, 0.15) is 31.5 Å². The van der Waals surface area contributed by atoms with Gasteiger partial charge in [-0.05, 0) is 52.4 Å². The molecule has 2 aromatic heterocycles. The van der Waals surface area contributed by atoms with Crippen LogP contribution in [0.15, 0.2) is 6.33 Å². The highest BCUT2D eigenvalue weighted by Gasteiger charge is 2.15. The van der Waals surface area contributed by atoms with Gasteiger partial charge in [-0.15, -0.1) is 0 Å². The first-order valence-electron chi connectivity index (χ1n) is 8.07. The van der Waals surface area contributed by atoms with Crippen molar-refractivity contribution < 1.29 is 0 Å². The summed E-state index contributed by atoms with van der Waals surface area (Å²) in [5.41, 5.74) is 3.97. The monoisotopic (exact) mass is 303 g/mol. The summed E-state index contributed by atoms with van der Waals surface area (Å²) in [4.78, 5) is 6.87. The zero-order valence-electron chi connectivity index (χ0n) is 14.8. The Morgan fingerprint density at radius 3 is 2.55 bits per heavy atom. The lowest BCUT2D eigenvalue weighted by Gasteiger charge is -2.12. The maximum atomic E-state index is 8.53. The number of aromatic nitrogens is 3. The lowest BCUT2D eigenvalue weighted by Crippen LogP contribution is -2.23. The van der Waals surface area contributed by atoms with E-state index >= 15 is 0 Å². The molecule has 122 valence electrons. The van der Waals surface area contributed by atoms with Gasteiger partial charge >= 0.3 is 0 Å². The van der Waals surface area contributed by atoms with Gasteiger partial charge in [-0.3, -0.25) is 5.41 Å². The van der Waals surface area contributed by atoms with E-state index in [9.17, 15) is 0 Å². The number of fused-ring (bicyclic) bond motifs is 1. The molecule has 0 fully saturated rings. The second kappa shape index (κ2) is 6.65. The van der Waals surface area contributed by atoms with E-state index in [4.69, 9.17) is 5.41 Å². The zero-order valence-corrected chi connectivity index (χ0v) is 14.8. The third kappa shape index (κ3) is 3.24. The standard InChI is InChI=1S/C17H29N5/c1-12(2)10-21-11-19-17-15(16(21)18)13(3)14(4)22(17)9-7-8-20(5)6/h11-12,18H,7-10H2,1-6H3. The highest BCUT2D eigenvalue weighted by atomic mass is 15.1. The molecule has 0 aliphatic heterocycles. The Labute approximate surface area is 133 Å². The Bertz CT molecular complexity index is 706. The third-order valence-corrected chi connectivity index (χ3v) is 4.19. The molecule has 2 aromatic rings. The third-order valence-electron chi connectivity index (χ3n) is 4.19. The molecule has 0 aliphatic rings. The van der Waals surface area contributed by atoms with Crippen LogP contribution >= 0.6 is 0 Å². The van der Waals surface area contributed by atoms with Crippen LogP contribution in [0.25, 0.3) is 11.0 Å². The van der Waals surface area contributed by atoms with Gasteiger partial charge in [0.2, 0.25) is 0 Å². The second-order valence-electron chi connectivity index (χ2n) is 6.86. The fourth-order valence-corrected chi connectivity index (χ4v) is 2.94. The summed E-state index contributed by atoms with van der Waals surface area (Å²) in [5, 5.41) is 9.54. The molecule has 0 radical (unpaired) electrons. The molecule has 0 amide bonds. The van der Waals surface area contributed by atoms with E-state index in [1.807, 2.05) is 10.9 Å². The highest BCUT2D eigenvalue weighted by molar-refractivity contribution is 5.80. The maximum Gasteiger partial charge on any atom is 0.145 e. The molecule has 0 saturated carbocycles. The topological polar surface area (TPSA) is 49.8 Å². The molecule has 0 spiro atoms. The van der Waals surface area contributed by atoms with Crippen molar-refractivity contribution >= 4 is 11.0 Å². The summed E-state index contributed by atoms with van der Waals surface area (Å²) in [5.74, 6) is 0.511. The van der Waals surface area contributed by atoms with Gasteiger partial charge in [0, 0.05) is 18.8 Å². The van der Waals surface area contributed by atoms with Crippen molar-refractivity contribution in [2.45, 2.75) is 47.2 Å². The van der Waals surface area contributed by atoms with Gasteiger partial charge in [0.05, 0.1) is 11.7 Å². The van der Waals surface area contributed by atoms with E-state index in [1.165, 1.54) is 11.3 Å². The Morgan fingerprint density at radius 2 is 1.95 bits per heavy atom. The average Bonchev–Trinajstić information content (AvgIpc) is 2.66. The first-order chi connectivity index (χ1) is 10.3. The predicted octanol–water partition coefficient (Wildman–Crippen LogP) is 2.54. The van der Waals surface area contributed by atoms with Crippen molar-refractivity contribution in [2.75, 3.05) is 20.6 Å². The number of nitrogens with one attached hydrogen (secondary N) is 1. The minimum atomic E-state index is 0.511. The number of aryl methyl sites for hydroxylation is 2. The summed E-state index contributed by atoms with van der Waals surface area (Å²) < 4.78 is 4.23. The smallest absolute Gasteiger partial charge is 0.145 e. The number of hydrogen-bond donors (Lipinski definition) is 1. The van der Waals surface area contributed by atoms with Gasteiger partial charge < -0.3 is 14.0 Å². The Balaban J connectivity index is 2.45. The molecular weight excluding hydrogens is 274 g/mol. The fraction of sp³-hybridized carbons (Fsp3) is 0.647. The van der Waals surface area contributed by atoms with E-state index in [0.29, 0.717) is 11.4 Å². The lowest BCUT2D eigenvalue weighted by atomic mass is 10.2. The van der Waals surface area contributed by atoms with Gasteiger partial charge in [0.25, 0.3) is 0 Å². The van der Waals surface area contributed by atoms with Crippen molar-refractivity contribution in [1.82, 2.24) is 19.0 Å². The van der Waals surface area contributed by atoms with E-state index in [1.54, 1.807) is 0 Å². The quantitative estimate of drug-likeness (QED) is 0.891. The van der Waals surface area contributed by atoms with Gasteiger partial charge in [0.1, 0.15) is 11.1 Å². The molecule has 1 N–H and O–H groups in total. The van der Waals surface area contributed by atoms with Crippen LogP contribution in [0.4, 0.5) is 0 Å². The normalized spacial score (nSPS) is 12.0. The van der Waals surface area contributed by atoms with Gasteiger partial charge in [-0.1, -0.05) is 13.8 Å². The van der Waals surface area contributed by atoms with Crippen LogP contribution < -0.4 is 5.49 Å². The van der Waals surface area contributed by atoms with Crippen LogP contribution in [-0.2, 0) is 13.1 Å². The van der Waals surface area contributed by atoms with Gasteiger partial charge in [-0.2, -0.15) is 0 Å². The zero-order chi connectivity index (χ0) is 16.4. The number of hydrogen-bond acceptors (Lipinski definition) is 3. The van der Waals surface area contributed by atoms with Crippen LogP contribution in [0.3, 0.4) is 0 Å². The minimum Gasteiger partial charge on any atom is -0.329 e. The van der Waals surface area contributed by atoms with E-state index in [2.05, 4.69) is 56.2 Å². The summed E-state index contributed by atoms with van der Waals surface area (Å²) in [6.07, 6.45) is 2.92. The van der Waals surface area contributed by atoms with E-state index in [-0.39, 0.29) is 0 Å². The van der Waals surface area contributed by atoms with Crippen LogP contribution in [-0.4, -0.2) is 39.7 Å². The van der Waals surface area contributed by atoms with E-state index in [0.717, 1.165) is 37.1 Å². The Hall–Kier alpha value is -1.62. The Morgan fingerprint density at radius 1 is 1.27 bits per heavy atom. The number of rotatable bonds is 6. The minimum absolute atomic E-state index is 0.511. The van der Waals surface area contributed by atoms with Crippen molar-refractivity contribution in [3.63, 3.8) is 0 Å².